The first-order valence-electron chi connectivity index (χ1n) is 19.9. The summed E-state index contributed by atoms with van der Waals surface area (Å²) in [5.74, 6) is 1.59. The van der Waals surface area contributed by atoms with Gasteiger partial charge in [-0.15, -0.1) is 0 Å². The van der Waals surface area contributed by atoms with Crippen LogP contribution in [-0.2, 0) is 4.57 Å². The zero-order valence-electron chi connectivity index (χ0n) is 32.5. The molecule has 7 nitrogen and oxygen atoms in total. The van der Waals surface area contributed by atoms with E-state index in [1.54, 1.807) is 0 Å². The number of benzene rings is 8. The molecule has 0 radical (unpaired) electrons. The quantitative estimate of drug-likeness (QED) is 0.111. The Balaban J connectivity index is 1.06. The Bertz CT molecular complexity index is 3400. The molecule has 0 amide bonds. The first-order chi connectivity index (χ1) is 30.1. The molecule has 9 heteroatoms. The number of fused-ring (bicyclic) bond motifs is 5. The lowest BCUT2D eigenvalue weighted by molar-refractivity contribution is 0.592. The summed E-state index contributed by atoms with van der Waals surface area (Å²) >= 11 is 1.22. The van der Waals surface area contributed by atoms with Crippen molar-refractivity contribution in [3.63, 3.8) is 0 Å². The SMILES string of the molecule is O=P(c1ccccc1)(c1ccccc1)c1ccc(-c2nc(-c3ccccc3)nc(-c3cccc(-c4cc5c(-c6ccccc6)nc6ccccc6c5c5nsnc45)c3)n2)cc1. The van der Waals surface area contributed by atoms with E-state index in [2.05, 4.69) is 42.5 Å². The van der Waals surface area contributed by atoms with Gasteiger partial charge in [-0.2, -0.15) is 8.75 Å². The average molecular weight is 821 g/mol. The highest BCUT2D eigenvalue weighted by molar-refractivity contribution is 7.85. The van der Waals surface area contributed by atoms with Crippen molar-refractivity contribution in [1.82, 2.24) is 28.7 Å². The summed E-state index contributed by atoms with van der Waals surface area (Å²) in [6.45, 7) is 0. The number of para-hydroxylation sites is 1. The molecule has 0 saturated heterocycles. The van der Waals surface area contributed by atoms with Gasteiger partial charge in [0.25, 0.3) is 0 Å². The van der Waals surface area contributed by atoms with Gasteiger partial charge in [0.2, 0.25) is 0 Å². The fourth-order valence-corrected chi connectivity index (χ4v) is 11.3. The standard InChI is InChI=1S/C52H33N6OPS/c59-60(39-22-9-3-10-23-39,40-24-11-4-12-25-40)41-30-28-36(29-31-41)51-54-50(35-18-7-2-8-19-35)55-52(56-51)38-21-15-20-37(32-38)43-33-44-46(49-48(43)57-61-58-49)42-26-13-14-27-45(42)53-47(44)34-16-5-1-6-17-34/h1-33H. The van der Waals surface area contributed by atoms with Gasteiger partial charge in [0.15, 0.2) is 24.6 Å². The number of rotatable bonds is 8. The number of aromatic nitrogens is 6. The Labute approximate surface area is 355 Å². The van der Waals surface area contributed by atoms with Crippen LogP contribution >= 0.6 is 18.9 Å². The summed E-state index contributed by atoms with van der Waals surface area (Å²) in [4.78, 5) is 20.4. The van der Waals surface area contributed by atoms with Gasteiger partial charge in [0.05, 0.1) is 22.9 Å². The highest BCUT2D eigenvalue weighted by Crippen LogP contribution is 2.44. The number of nitrogens with zero attached hydrogens (tertiary/aromatic N) is 6. The van der Waals surface area contributed by atoms with Crippen LogP contribution in [0.1, 0.15) is 0 Å². The van der Waals surface area contributed by atoms with Crippen molar-refractivity contribution in [3.05, 3.63) is 200 Å². The van der Waals surface area contributed by atoms with Crippen LogP contribution in [0.15, 0.2) is 200 Å². The maximum absolute atomic E-state index is 15.1. The van der Waals surface area contributed by atoms with Gasteiger partial charge in [-0.1, -0.05) is 182 Å². The van der Waals surface area contributed by atoms with E-state index in [0.717, 1.165) is 87.7 Å². The average Bonchev–Trinajstić information content (AvgIpc) is 3.85. The van der Waals surface area contributed by atoms with Crippen molar-refractivity contribution in [2.24, 2.45) is 0 Å². The summed E-state index contributed by atoms with van der Waals surface area (Å²) in [7, 11) is -3.17. The van der Waals surface area contributed by atoms with E-state index in [0.29, 0.717) is 17.5 Å². The molecule has 0 atom stereocenters. The Morgan fingerprint density at radius 3 is 1.52 bits per heavy atom. The molecule has 0 aliphatic rings. The molecule has 61 heavy (non-hydrogen) atoms. The second kappa shape index (κ2) is 15.3. The molecule has 0 spiro atoms. The van der Waals surface area contributed by atoms with Gasteiger partial charge in [-0.05, 0) is 23.8 Å². The summed E-state index contributed by atoms with van der Waals surface area (Å²) in [5.41, 5.74) is 8.89. The molecular weight excluding hydrogens is 788 g/mol. The van der Waals surface area contributed by atoms with Crippen LogP contribution in [0.2, 0.25) is 0 Å². The molecule has 8 aromatic carbocycles. The molecule has 11 aromatic rings. The van der Waals surface area contributed by atoms with Crippen LogP contribution < -0.4 is 15.9 Å². The Hall–Kier alpha value is -7.51. The zero-order valence-corrected chi connectivity index (χ0v) is 34.2. The maximum Gasteiger partial charge on any atom is 0.171 e. The lowest BCUT2D eigenvalue weighted by Gasteiger charge is -2.20. The first kappa shape index (κ1) is 36.6. The first-order valence-corrected chi connectivity index (χ1v) is 22.3. The molecule has 11 rings (SSSR count). The van der Waals surface area contributed by atoms with Gasteiger partial charge in [-0.25, -0.2) is 19.9 Å². The van der Waals surface area contributed by atoms with E-state index >= 15 is 4.57 Å². The highest BCUT2D eigenvalue weighted by atomic mass is 32.1. The summed E-state index contributed by atoms with van der Waals surface area (Å²) < 4.78 is 24.9. The molecule has 0 unspecified atom stereocenters. The van der Waals surface area contributed by atoms with Gasteiger partial charge in [-0.3, -0.25) is 0 Å². The van der Waals surface area contributed by atoms with Crippen molar-refractivity contribution >= 4 is 67.5 Å². The third kappa shape index (κ3) is 6.50. The van der Waals surface area contributed by atoms with Crippen LogP contribution in [0.5, 0.6) is 0 Å². The van der Waals surface area contributed by atoms with Crippen LogP contribution in [0.3, 0.4) is 0 Å². The van der Waals surface area contributed by atoms with Gasteiger partial charge >= 0.3 is 0 Å². The van der Waals surface area contributed by atoms with E-state index in [4.69, 9.17) is 28.7 Å². The molecule has 0 N–H and O–H groups in total. The molecule has 0 fully saturated rings. The van der Waals surface area contributed by atoms with E-state index in [-0.39, 0.29) is 0 Å². The fourth-order valence-electron chi connectivity index (χ4n) is 8.12. The van der Waals surface area contributed by atoms with Crippen molar-refractivity contribution in [3.8, 4) is 56.5 Å². The van der Waals surface area contributed by atoms with Crippen LogP contribution in [-0.4, -0.2) is 28.7 Å². The van der Waals surface area contributed by atoms with E-state index in [1.807, 2.05) is 158 Å². The molecular formula is C52H33N6OPS. The van der Waals surface area contributed by atoms with Crippen molar-refractivity contribution < 1.29 is 4.57 Å². The molecule has 288 valence electrons. The monoisotopic (exact) mass is 820 g/mol. The lowest BCUT2D eigenvalue weighted by atomic mass is 9.93. The Kier molecular flexibility index (Phi) is 9.15. The normalized spacial score (nSPS) is 11.7. The second-order valence-corrected chi connectivity index (χ2v) is 18.0. The van der Waals surface area contributed by atoms with Crippen molar-refractivity contribution in [2.45, 2.75) is 0 Å². The zero-order chi connectivity index (χ0) is 40.8. The smallest absolute Gasteiger partial charge is 0.171 e. The van der Waals surface area contributed by atoms with Gasteiger partial charge < -0.3 is 4.57 Å². The van der Waals surface area contributed by atoms with Crippen LogP contribution in [0.4, 0.5) is 0 Å². The van der Waals surface area contributed by atoms with Crippen LogP contribution in [0, 0.1) is 0 Å². The second-order valence-electron chi connectivity index (χ2n) is 14.7. The molecule has 0 bridgehead atoms. The fraction of sp³-hybridized carbons (Fsp3) is 0. The lowest BCUT2D eigenvalue weighted by Crippen LogP contribution is -2.24. The van der Waals surface area contributed by atoms with E-state index in [9.17, 15) is 0 Å². The predicted molar refractivity (Wildman–Crippen MR) is 250 cm³/mol. The largest absolute Gasteiger partial charge is 0.309 e. The maximum atomic E-state index is 15.1. The van der Waals surface area contributed by atoms with Crippen LogP contribution in [0.25, 0.3) is 89.3 Å². The molecule has 0 saturated carbocycles. The highest BCUT2D eigenvalue weighted by Gasteiger charge is 2.29. The minimum atomic E-state index is -3.17. The molecule has 0 aliphatic carbocycles. The number of hydrogen-bond acceptors (Lipinski definition) is 8. The number of pyridine rings is 1. The summed E-state index contributed by atoms with van der Waals surface area (Å²) in [6.07, 6.45) is 0. The van der Waals surface area contributed by atoms with E-state index < -0.39 is 7.14 Å². The van der Waals surface area contributed by atoms with Crippen molar-refractivity contribution in [1.29, 1.82) is 0 Å². The van der Waals surface area contributed by atoms with Gasteiger partial charge in [0.1, 0.15) is 11.0 Å². The minimum absolute atomic E-state index is 0.511. The van der Waals surface area contributed by atoms with Gasteiger partial charge in [0, 0.05) is 59.9 Å². The topological polar surface area (TPSA) is 94.4 Å². The summed E-state index contributed by atoms with van der Waals surface area (Å²) in [5, 5.41) is 5.37. The molecule has 3 aromatic heterocycles. The third-order valence-corrected chi connectivity index (χ3v) is 14.7. The minimum Gasteiger partial charge on any atom is -0.309 e. The third-order valence-electron chi connectivity index (χ3n) is 11.1. The van der Waals surface area contributed by atoms with Crippen molar-refractivity contribution in [2.75, 3.05) is 0 Å². The summed E-state index contributed by atoms with van der Waals surface area (Å²) in [6, 6.07) is 66.1. The predicted octanol–water partition coefficient (Wildman–Crippen LogP) is 11.6. The molecule has 0 aliphatic heterocycles. The Morgan fingerprint density at radius 1 is 0.377 bits per heavy atom. The van der Waals surface area contributed by atoms with E-state index in [1.165, 1.54) is 11.7 Å². The Morgan fingerprint density at radius 2 is 0.869 bits per heavy atom. The number of hydrogen-bond donors (Lipinski definition) is 0. The molecule has 3 heterocycles.